The molecule has 0 saturated carbocycles. The van der Waals surface area contributed by atoms with Crippen molar-refractivity contribution < 1.29 is 5.48 Å². The number of hydrogen-bond donors (Lipinski definition) is 0. The van der Waals surface area contributed by atoms with Crippen LogP contribution >= 0.6 is 0 Å². The summed E-state index contributed by atoms with van der Waals surface area (Å²) in [5.74, 6) is 0. The van der Waals surface area contributed by atoms with Gasteiger partial charge in [-0.1, -0.05) is 208 Å². The molecule has 0 atom stereocenters. The molecule has 0 spiro atoms. The maximum Gasteiger partial charge on any atom is 0.0714 e. The molecule has 0 bridgehead atoms. The molecular weight excluding hydrogens is 759 g/mol. The number of anilines is 3. The van der Waals surface area contributed by atoms with Crippen LogP contribution in [-0.4, -0.2) is 0 Å². The van der Waals surface area contributed by atoms with Crippen LogP contribution in [0.2, 0.25) is 0 Å². The first-order valence-electron chi connectivity index (χ1n) is 23.8. The molecule has 0 heterocycles. The highest BCUT2D eigenvalue weighted by molar-refractivity contribution is 5.97. The van der Waals surface area contributed by atoms with Crippen LogP contribution in [0.3, 0.4) is 0 Å². The fraction of sp³-hybridized carbons (Fsp3) is 0.0645. The number of benzene rings is 10. The Morgan fingerprint density at radius 2 is 0.857 bits per heavy atom. The summed E-state index contributed by atoms with van der Waals surface area (Å²) in [7, 11) is 0. The largest absolute Gasteiger partial charge is 0.310 e. The number of hydrogen-bond acceptors (Lipinski definition) is 1. The first-order valence-corrected chi connectivity index (χ1v) is 21.8. The SMILES string of the molecule is [2H]c1c([2H])c(N(c2ccc3c(c2)C(C)(C)c2ccccc2-3)c2ccc3c(c2)C(c2ccccc2)(c2ccccc2)c2ccccc2-3)c([2H])c([2H])c1-c1cccc(-c2cccc3ccccc23)c1. The lowest BCUT2D eigenvalue weighted by Gasteiger charge is -2.35. The third-order valence-corrected chi connectivity index (χ3v) is 13.6. The zero-order valence-corrected chi connectivity index (χ0v) is 35.2. The summed E-state index contributed by atoms with van der Waals surface area (Å²) in [5, 5.41) is 2.23. The van der Waals surface area contributed by atoms with Gasteiger partial charge in [0.25, 0.3) is 0 Å². The van der Waals surface area contributed by atoms with Crippen molar-refractivity contribution in [2.45, 2.75) is 24.7 Å². The standard InChI is InChI=1S/C62H45N/c1-61(2)57-29-13-11-26-53(57)55-37-35-49(40-59(55)61)63(48-33-31-42(32-34-48)44-19-15-20-45(39-44)52-28-16-18-43-17-9-10-25-51(43)52)50-36-38-56-54-27-12-14-30-58(54)62(60(56)41-50,46-21-5-3-6-22-46)47-23-7-4-8-24-47/h3-41H,1-2H3/i31D,32D,33D,34D. The van der Waals surface area contributed by atoms with Crippen molar-refractivity contribution in [1.82, 2.24) is 0 Å². The van der Waals surface area contributed by atoms with Gasteiger partial charge in [-0.25, -0.2) is 0 Å². The van der Waals surface area contributed by atoms with Crippen LogP contribution in [0.4, 0.5) is 17.1 Å². The van der Waals surface area contributed by atoms with Gasteiger partial charge in [-0.05, 0) is 131 Å². The molecule has 2 aliphatic carbocycles. The average Bonchev–Trinajstić information content (AvgIpc) is 3.80. The summed E-state index contributed by atoms with van der Waals surface area (Å²) in [4.78, 5) is 1.97. The molecule has 10 aromatic rings. The molecule has 0 amide bonds. The van der Waals surface area contributed by atoms with Crippen LogP contribution in [0.1, 0.15) is 52.7 Å². The summed E-state index contributed by atoms with van der Waals surface area (Å²) < 4.78 is 39.6. The maximum atomic E-state index is 9.99. The molecule has 0 radical (unpaired) electrons. The minimum absolute atomic E-state index is 0.0959. The van der Waals surface area contributed by atoms with Gasteiger partial charge < -0.3 is 4.90 Å². The predicted molar refractivity (Wildman–Crippen MR) is 264 cm³/mol. The lowest BCUT2D eigenvalue weighted by molar-refractivity contribution is 0.660. The topological polar surface area (TPSA) is 3.24 Å². The van der Waals surface area contributed by atoms with E-state index in [9.17, 15) is 5.48 Å². The minimum atomic E-state index is -0.689. The van der Waals surface area contributed by atoms with E-state index in [2.05, 4.69) is 184 Å². The Morgan fingerprint density at radius 3 is 1.57 bits per heavy atom. The molecule has 10 aromatic carbocycles. The Morgan fingerprint density at radius 1 is 0.349 bits per heavy atom. The van der Waals surface area contributed by atoms with E-state index in [1.165, 1.54) is 16.7 Å². The maximum absolute atomic E-state index is 9.99. The van der Waals surface area contributed by atoms with Gasteiger partial charge in [0.05, 0.1) is 10.9 Å². The van der Waals surface area contributed by atoms with Gasteiger partial charge in [0.2, 0.25) is 0 Å². The third-order valence-electron chi connectivity index (χ3n) is 13.6. The van der Waals surface area contributed by atoms with Crippen molar-refractivity contribution >= 4 is 27.8 Å². The van der Waals surface area contributed by atoms with E-state index in [4.69, 9.17) is 0 Å². The van der Waals surface area contributed by atoms with E-state index in [0.29, 0.717) is 5.56 Å². The summed E-state index contributed by atoms with van der Waals surface area (Å²) >= 11 is 0. The van der Waals surface area contributed by atoms with Crippen molar-refractivity contribution in [3.05, 3.63) is 270 Å². The molecular formula is C62H45N. The summed E-state index contributed by atoms with van der Waals surface area (Å²) in [5.41, 5.74) is 15.1. The van der Waals surface area contributed by atoms with E-state index < -0.39 is 5.41 Å². The second-order valence-corrected chi connectivity index (χ2v) is 17.3. The molecule has 2 aliphatic rings. The highest BCUT2D eigenvalue weighted by Crippen LogP contribution is 2.58. The van der Waals surface area contributed by atoms with Crippen LogP contribution in [0.25, 0.3) is 55.3 Å². The fourth-order valence-corrected chi connectivity index (χ4v) is 10.7. The van der Waals surface area contributed by atoms with Gasteiger partial charge >= 0.3 is 0 Å². The normalized spacial score (nSPS) is 14.7. The molecule has 0 unspecified atom stereocenters. The fourth-order valence-electron chi connectivity index (χ4n) is 10.7. The molecule has 0 saturated heterocycles. The van der Waals surface area contributed by atoms with Crippen LogP contribution < -0.4 is 4.90 Å². The van der Waals surface area contributed by atoms with Gasteiger partial charge in [-0.15, -0.1) is 0 Å². The highest BCUT2D eigenvalue weighted by atomic mass is 15.1. The van der Waals surface area contributed by atoms with Gasteiger partial charge in [0.1, 0.15) is 0 Å². The Bertz CT molecular complexity index is 3540. The minimum Gasteiger partial charge on any atom is -0.310 e. The second-order valence-electron chi connectivity index (χ2n) is 17.3. The number of rotatable bonds is 7. The molecule has 0 aliphatic heterocycles. The molecule has 0 fully saturated rings. The smallest absolute Gasteiger partial charge is 0.0714 e. The lowest BCUT2D eigenvalue weighted by atomic mass is 9.67. The summed E-state index contributed by atoms with van der Waals surface area (Å²) in [6, 6.07) is 73.5. The second kappa shape index (κ2) is 14.4. The molecule has 12 rings (SSSR count). The number of nitrogens with zero attached hydrogens (tertiary/aromatic N) is 1. The first kappa shape index (κ1) is 33.0. The highest BCUT2D eigenvalue weighted by Gasteiger charge is 2.46. The van der Waals surface area contributed by atoms with E-state index in [1.807, 2.05) is 47.4 Å². The third kappa shape index (κ3) is 5.70. The lowest BCUT2D eigenvalue weighted by Crippen LogP contribution is -2.28. The van der Waals surface area contributed by atoms with Gasteiger partial charge in [-0.3, -0.25) is 0 Å². The molecule has 1 heteroatoms. The molecule has 63 heavy (non-hydrogen) atoms. The van der Waals surface area contributed by atoms with E-state index in [0.717, 1.165) is 72.2 Å². The molecule has 298 valence electrons. The van der Waals surface area contributed by atoms with Crippen molar-refractivity contribution in [2.24, 2.45) is 0 Å². The van der Waals surface area contributed by atoms with Crippen molar-refractivity contribution in [1.29, 1.82) is 0 Å². The van der Waals surface area contributed by atoms with Crippen molar-refractivity contribution in [2.75, 3.05) is 4.90 Å². The number of fused-ring (bicyclic) bond motifs is 7. The van der Waals surface area contributed by atoms with Crippen LogP contribution in [0.15, 0.2) is 236 Å². The monoisotopic (exact) mass is 807 g/mol. The van der Waals surface area contributed by atoms with Crippen LogP contribution in [0.5, 0.6) is 0 Å². The van der Waals surface area contributed by atoms with E-state index >= 15 is 0 Å². The van der Waals surface area contributed by atoms with Crippen molar-refractivity contribution in [3.8, 4) is 44.5 Å². The van der Waals surface area contributed by atoms with Crippen LogP contribution in [0, 0.1) is 0 Å². The zero-order valence-electron chi connectivity index (χ0n) is 39.2. The van der Waals surface area contributed by atoms with Gasteiger partial charge in [0.15, 0.2) is 0 Å². The predicted octanol–water partition coefficient (Wildman–Crippen LogP) is 16.3. The Labute approximate surface area is 375 Å². The Hall–Kier alpha value is -7.74. The molecule has 1 nitrogen and oxygen atoms in total. The van der Waals surface area contributed by atoms with Gasteiger partial charge in [0, 0.05) is 22.5 Å². The van der Waals surface area contributed by atoms with Crippen LogP contribution in [-0.2, 0) is 10.8 Å². The van der Waals surface area contributed by atoms with Crippen molar-refractivity contribution in [3.63, 3.8) is 0 Å². The molecule has 0 N–H and O–H groups in total. The first-order chi connectivity index (χ1) is 32.7. The summed E-state index contributed by atoms with van der Waals surface area (Å²) in [6.07, 6.45) is 0. The Balaban J connectivity index is 1.10. The van der Waals surface area contributed by atoms with E-state index in [-0.39, 0.29) is 40.8 Å². The molecule has 0 aromatic heterocycles. The average molecular weight is 808 g/mol. The van der Waals surface area contributed by atoms with Gasteiger partial charge in [-0.2, -0.15) is 0 Å². The summed E-state index contributed by atoms with van der Waals surface area (Å²) in [6.45, 7) is 4.51. The Kier molecular flexibility index (Phi) is 7.55. The quantitative estimate of drug-likeness (QED) is 0.155. The van der Waals surface area contributed by atoms with E-state index in [1.54, 1.807) is 0 Å². The zero-order chi connectivity index (χ0) is 45.6.